The molecule has 18 heavy (non-hydrogen) atoms. The SMILES string of the molecule is COCC(C)(O)CNC(=O)c1cc(C)cc(C)c1. The van der Waals surface area contributed by atoms with Crippen LogP contribution in [-0.4, -0.2) is 36.9 Å². The van der Waals surface area contributed by atoms with E-state index in [1.165, 1.54) is 7.11 Å². The number of methoxy groups -OCH3 is 1. The number of hydrogen-bond donors (Lipinski definition) is 2. The van der Waals surface area contributed by atoms with E-state index in [-0.39, 0.29) is 19.1 Å². The number of rotatable bonds is 5. The van der Waals surface area contributed by atoms with Crippen LogP contribution in [0, 0.1) is 13.8 Å². The van der Waals surface area contributed by atoms with Gasteiger partial charge in [-0.15, -0.1) is 0 Å². The maximum Gasteiger partial charge on any atom is 0.251 e. The summed E-state index contributed by atoms with van der Waals surface area (Å²) in [6.07, 6.45) is 0. The van der Waals surface area contributed by atoms with Crippen LogP contribution in [0.5, 0.6) is 0 Å². The van der Waals surface area contributed by atoms with E-state index in [0.29, 0.717) is 5.56 Å². The van der Waals surface area contributed by atoms with E-state index in [1.54, 1.807) is 6.92 Å². The minimum atomic E-state index is -1.05. The lowest BCUT2D eigenvalue weighted by atomic mass is 10.1. The lowest BCUT2D eigenvalue weighted by molar-refractivity contribution is -0.0147. The molecule has 0 bridgehead atoms. The van der Waals surface area contributed by atoms with Crippen molar-refractivity contribution in [3.8, 4) is 0 Å². The molecule has 0 aromatic heterocycles. The summed E-state index contributed by atoms with van der Waals surface area (Å²) in [4.78, 5) is 11.9. The van der Waals surface area contributed by atoms with Crippen LogP contribution >= 0.6 is 0 Å². The number of carbonyl (C=O) groups excluding carboxylic acids is 1. The molecule has 0 aliphatic rings. The third kappa shape index (κ3) is 4.47. The highest BCUT2D eigenvalue weighted by Crippen LogP contribution is 2.09. The predicted molar refractivity (Wildman–Crippen MR) is 70.7 cm³/mol. The van der Waals surface area contributed by atoms with Gasteiger partial charge in [-0.05, 0) is 32.9 Å². The van der Waals surface area contributed by atoms with Gasteiger partial charge in [-0.1, -0.05) is 17.2 Å². The smallest absolute Gasteiger partial charge is 0.251 e. The lowest BCUT2D eigenvalue weighted by Gasteiger charge is -2.22. The zero-order valence-electron chi connectivity index (χ0n) is 11.4. The second-order valence-corrected chi connectivity index (χ2v) is 4.99. The van der Waals surface area contributed by atoms with Crippen LogP contribution < -0.4 is 5.32 Å². The summed E-state index contributed by atoms with van der Waals surface area (Å²) in [5, 5.41) is 12.6. The van der Waals surface area contributed by atoms with Gasteiger partial charge in [-0.25, -0.2) is 0 Å². The number of aryl methyl sites for hydroxylation is 2. The number of hydrogen-bond acceptors (Lipinski definition) is 3. The van der Waals surface area contributed by atoms with Crippen LogP contribution in [0.4, 0.5) is 0 Å². The Morgan fingerprint density at radius 2 is 1.89 bits per heavy atom. The fourth-order valence-electron chi connectivity index (χ4n) is 1.84. The number of aliphatic hydroxyl groups is 1. The molecule has 0 aliphatic heterocycles. The third-order valence-corrected chi connectivity index (χ3v) is 2.57. The Balaban J connectivity index is 2.66. The molecule has 1 amide bonds. The first-order valence-electron chi connectivity index (χ1n) is 5.92. The number of benzene rings is 1. The maximum absolute atomic E-state index is 11.9. The van der Waals surface area contributed by atoms with Crippen molar-refractivity contribution in [1.82, 2.24) is 5.32 Å². The number of nitrogens with one attached hydrogen (secondary N) is 1. The Bertz CT molecular complexity index is 407. The highest BCUT2D eigenvalue weighted by atomic mass is 16.5. The average molecular weight is 251 g/mol. The van der Waals surface area contributed by atoms with Gasteiger partial charge in [0.05, 0.1) is 6.61 Å². The van der Waals surface area contributed by atoms with Crippen LogP contribution in [0.25, 0.3) is 0 Å². The van der Waals surface area contributed by atoms with Crippen LogP contribution in [0.15, 0.2) is 18.2 Å². The van der Waals surface area contributed by atoms with Crippen molar-refractivity contribution in [1.29, 1.82) is 0 Å². The number of amides is 1. The molecule has 0 fully saturated rings. The van der Waals surface area contributed by atoms with Gasteiger partial charge in [0.2, 0.25) is 0 Å². The van der Waals surface area contributed by atoms with Crippen molar-refractivity contribution in [3.63, 3.8) is 0 Å². The minimum Gasteiger partial charge on any atom is -0.386 e. The summed E-state index contributed by atoms with van der Waals surface area (Å²) in [5.41, 5.74) is 1.65. The van der Waals surface area contributed by atoms with E-state index in [9.17, 15) is 9.90 Å². The Morgan fingerprint density at radius 1 is 1.33 bits per heavy atom. The Kier molecular flexibility index (Phi) is 4.87. The molecule has 2 N–H and O–H groups in total. The second kappa shape index (κ2) is 5.98. The quantitative estimate of drug-likeness (QED) is 0.832. The zero-order valence-corrected chi connectivity index (χ0v) is 11.4. The third-order valence-electron chi connectivity index (χ3n) is 2.57. The van der Waals surface area contributed by atoms with Gasteiger partial charge in [0, 0.05) is 19.2 Å². The molecule has 0 radical (unpaired) electrons. The largest absolute Gasteiger partial charge is 0.386 e. The highest BCUT2D eigenvalue weighted by molar-refractivity contribution is 5.94. The standard InChI is InChI=1S/C14H21NO3/c1-10-5-11(2)7-12(6-10)13(16)15-8-14(3,17)9-18-4/h5-7,17H,8-9H2,1-4H3,(H,15,16). The van der Waals surface area contributed by atoms with E-state index in [2.05, 4.69) is 5.32 Å². The monoisotopic (exact) mass is 251 g/mol. The summed E-state index contributed by atoms with van der Waals surface area (Å²) in [5.74, 6) is -0.182. The molecular formula is C14H21NO3. The first-order chi connectivity index (χ1) is 8.34. The van der Waals surface area contributed by atoms with E-state index >= 15 is 0 Å². The van der Waals surface area contributed by atoms with Crippen LogP contribution in [0.3, 0.4) is 0 Å². The summed E-state index contributed by atoms with van der Waals surface area (Å²) >= 11 is 0. The number of ether oxygens (including phenoxy) is 1. The molecule has 0 saturated carbocycles. The van der Waals surface area contributed by atoms with Gasteiger partial charge in [0.25, 0.3) is 5.91 Å². The Labute approximate surface area is 108 Å². The molecule has 1 aromatic carbocycles. The van der Waals surface area contributed by atoms with E-state index in [4.69, 9.17) is 4.74 Å². The molecule has 1 aromatic rings. The fourth-order valence-corrected chi connectivity index (χ4v) is 1.84. The normalized spacial score (nSPS) is 14.1. The summed E-state index contributed by atoms with van der Waals surface area (Å²) in [7, 11) is 1.51. The van der Waals surface area contributed by atoms with Gasteiger partial charge in [0.1, 0.15) is 5.60 Å². The van der Waals surface area contributed by atoms with Crippen molar-refractivity contribution in [2.75, 3.05) is 20.3 Å². The highest BCUT2D eigenvalue weighted by Gasteiger charge is 2.21. The predicted octanol–water partition coefficient (Wildman–Crippen LogP) is 1.43. The van der Waals surface area contributed by atoms with E-state index < -0.39 is 5.60 Å². The van der Waals surface area contributed by atoms with E-state index in [0.717, 1.165) is 11.1 Å². The summed E-state index contributed by atoms with van der Waals surface area (Å²) < 4.78 is 4.88. The van der Waals surface area contributed by atoms with Gasteiger partial charge in [-0.2, -0.15) is 0 Å². The van der Waals surface area contributed by atoms with Crippen LogP contribution in [0.1, 0.15) is 28.4 Å². The fraction of sp³-hybridized carbons (Fsp3) is 0.500. The maximum atomic E-state index is 11.9. The van der Waals surface area contributed by atoms with Gasteiger partial charge in [-0.3, -0.25) is 4.79 Å². The van der Waals surface area contributed by atoms with Gasteiger partial charge < -0.3 is 15.2 Å². The Morgan fingerprint density at radius 3 is 2.39 bits per heavy atom. The van der Waals surface area contributed by atoms with Crippen LogP contribution in [0.2, 0.25) is 0 Å². The van der Waals surface area contributed by atoms with Crippen molar-refractivity contribution >= 4 is 5.91 Å². The lowest BCUT2D eigenvalue weighted by Crippen LogP contribution is -2.43. The van der Waals surface area contributed by atoms with E-state index in [1.807, 2.05) is 32.0 Å². The first-order valence-corrected chi connectivity index (χ1v) is 5.92. The molecule has 0 aliphatic carbocycles. The number of carbonyl (C=O) groups is 1. The second-order valence-electron chi connectivity index (χ2n) is 4.99. The molecule has 1 rings (SSSR count). The molecule has 0 saturated heterocycles. The molecule has 0 spiro atoms. The first kappa shape index (κ1) is 14.7. The van der Waals surface area contributed by atoms with Crippen molar-refractivity contribution in [2.45, 2.75) is 26.4 Å². The molecular weight excluding hydrogens is 230 g/mol. The topological polar surface area (TPSA) is 58.6 Å². The molecule has 0 heterocycles. The average Bonchev–Trinajstić information content (AvgIpc) is 2.24. The molecule has 1 unspecified atom stereocenters. The molecule has 4 nitrogen and oxygen atoms in total. The van der Waals surface area contributed by atoms with Gasteiger partial charge >= 0.3 is 0 Å². The van der Waals surface area contributed by atoms with Gasteiger partial charge in [0.15, 0.2) is 0 Å². The summed E-state index contributed by atoms with van der Waals surface area (Å²) in [6.45, 7) is 5.86. The molecule has 4 heteroatoms. The minimum absolute atomic E-state index is 0.159. The zero-order chi connectivity index (χ0) is 13.8. The van der Waals surface area contributed by atoms with Crippen molar-refractivity contribution < 1.29 is 14.6 Å². The Hall–Kier alpha value is -1.39. The van der Waals surface area contributed by atoms with Crippen LogP contribution in [-0.2, 0) is 4.74 Å². The summed E-state index contributed by atoms with van der Waals surface area (Å²) in [6, 6.07) is 5.67. The molecule has 1 atom stereocenters. The van der Waals surface area contributed by atoms with Crippen molar-refractivity contribution in [2.24, 2.45) is 0 Å². The van der Waals surface area contributed by atoms with Crippen molar-refractivity contribution in [3.05, 3.63) is 34.9 Å². The molecule has 100 valence electrons.